The molecule has 1 amide bonds. The van der Waals surface area contributed by atoms with Crippen LogP contribution in [0.5, 0.6) is 5.75 Å². The van der Waals surface area contributed by atoms with Crippen molar-refractivity contribution >= 4 is 30.9 Å². The average molecular weight is 446 g/mol. The van der Waals surface area contributed by atoms with E-state index in [2.05, 4.69) is 15.9 Å². The molecule has 0 spiro atoms. The second-order valence-electron chi connectivity index (χ2n) is 8.08. The summed E-state index contributed by atoms with van der Waals surface area (Å²) in [5.74, 6) is 1.31. The number of ether oxygens (including phenoxy) is 2. The van der Waals surface area contributed by atoms with Crippen LogP contribution in [0.4, 0.5) is 4.79 Å². The predicted octanol–water partition coefficient (Wildman–Crippen LogP) is 3.03. The highest BCUT2D eigenvalue weighted by molar-refractivity contribution is 5.85. The Morgan fingerprint density at radius 3 is 2.62 bits per heavy atom. The number of hydrogen-bond donors (Lipinski definition) is 0. The molecule has 0 unspecified atom stereocenters. The molecule has 2 aliphatic heterocycles. The molecule has 2 atom stereocenters. The van der Waals surface area contributed by atoms with E-state index in [0.717, 1.165) is 58.0 Å². The monoisotopic (exact) mass is 445 g/mol. The van der Waals surface area contributed by atoms with Crippen LogP contribution in [0.2, 0.25) is 0 Å². The number of carbonyl (C=O) groups is 1. The van der Waals surface area contributed by atoms with Gasteiger partial charge >= 0.3 is 6.09 Å². The van der Waals surface area contributed by atoms with Gasteiger partial charge in [-0.05, 0) is 43.0 Å². The third-order valence-corrected chi connectivity index (χ3v) is 6.29. The van der Waals surface area contributed by atoms with Gasteiger partial charge in [0.25, 0.3) is 0 Å². The van der Waals surface area contributed by atoms with Gasteiger partial charge in [0.15, 0.2) is 0 Å². The minimum atomic E-state index is -0.302. The van der Waals surface area contributed by atoms with Gasteiger partial charge in [0.1, 0.15) is 5.75 Å². The maximum atomic E-state index is 12.0. The number of nitrogens with zero attached hydrogens (tertiary/aromatic N) is 3. The fraction of sp³-hybridized carbons (Fsp3) is 0.667. The number of rotatable bonds is 4. The zero-order valence-corrected chi connectivity index (χ0v) is 19.0. The quantitative estimate of drug-likeness (QED) is 0.712. The zero-order valence-electron chi connectivity index (χ0n) is 17.3. The lowest BCUT2D eigenvalue weighted by molar-refractivity contribution is 0.0322. The second-order valence-corrected chi connectivity index (χ2v) is 8.08. The summed E-state index contributed by atoms with van der Waals surface area (Å²) in [6.07, 6.45) is 3.04. The number of halogens is 2. The first-order valence-corrected chi connectivity index (χ1v) is 10.2. The Morgan fingerprint density at radius 1 is 1.14 bits per heavy atom. The first kappa shape index (κ1) is 24.2. The molecular weight excluding hydrogens is 413 g/mol. The fourth-order valence-corrected chi connectivity index (χ4v) is 4.81. The van der Waals surface area contributed by atoms with E-state index in [9.17, 15) is 4.79 Å². The SMILES string of the molecule is CN(C)C(=O)Oc1cccc2c1CC[C@H]1[C@@H]2CCN1CCN1CCOCC1.Cl.Cl. The fourth-order valence-electron chi connectivity index (χ4n) is 4.81. The van der Waals surface area contributed by atoms with E-state index in [1.807, 2.05) is 12.1 Å². The molecule has 4 rings (SSSR count). The van der Waals surface area contributed by atoms with Crippen molar-refractivity contribution in [3.05, 3.63) is 29.3 Å². The lowest BCUT2D eigenvalue weighted by atomic mass is 9.79. The van der Waals surface area contributed by atoms with Crippen LogP contribution in [0.3, 0.4) is 0 Å². The Balaban J connectivity index is 0.00000150. The van der Waals surface area contributed by atoms with E-state index in [1.54, 1.807) is 14.1 Å². The number of fused-ring (bicyclic) bond motifs is 3. The maximum Gasteiger partial charge on any atom is 0.414 e. The highest BCUT2D eigenvalue weighted by Crippen LogP contribution is 2.44. The molecule has 0 saturated carbocycles. The molecule has 2 heterocycles. The molecule has 2 saturated heterocycles. The standard InChI is InChI=1S/C21H31N3O3.2ClH/c1-22(2)21(25)27-20-5-3-4-16-17-8-9-24(19(17)7-6-18(16)20)11-10-23-12-14-26-15-13-23;;/h3-5,17,19H,6-15H2,1-2H3;2*1H/t17-,19+;;/m1../s1. The van der Waals surface area contributed by atoms with Crippen LogP contribution in [0.1, 0.15) is 29.9 Å². The number of hydrogen-bond acceptors (Lipinski definition) is 5. The Hall–Kier alpha value is -1.05. The maximum absolute atomic E-state index is 12.0. The first-order chi connectivity index (χ1) is 13.1. The van der Waals surface area contributed by atoms with Crippen LogP contribution in [0, 0.1) is 0 Å². The van der Waals surface area contributed by atoms with Crippen LogP contribution in [-0.4, -0.2) is 86.9 Å². The summed E-state index contributed by atoms with van der Waals surface area (Å²) in [5.41, 5.74) is 2.63. The van der Waals surface area contributed by atoms with Gasteiger partial charge in [0.05, 0.1) is 13.2 Å². The first-order valence-electron chi connectivity index (χ1n) is 10.2. The van der Waals surface area contributed by atoms with Gasteiger partial charge < -0.3 is 14.4 Å². The molecule has 2 fully saturated rings. The largest absolute Gasteiger partial charge is 0.414 e. The van der Waals surface area contributed by atoms with Gasteiger partial charge in [-0.15, -0.1) is 24.8 Å². The minimum Gasteiger partial charge on any atom is -0.410 e. The van der Waals surface area contributed by atoms with Crippen molar-refractivity contribution in [1.82, 2.24) is 14.7 Å². The summed E-state index contributed by atoms with van der Waals surface area (Å²) in [4.78, 5) is 18.7. The molecule has 6 nitrogen and oxygen atoms in total. The number of likely N-dealkylation sites (tertiary alicyclic amines) is 1. The molecule has 1 aromatic carbocycles. The molecule has 0 aromatic heterocycles. The molecule has 3 aliphatic rings. The Labute approximate surface area is 186 Å². The number of morpholine rings is 1. The zero-order chi connectivity index (χ0) is 18.8. The topological polar surface area (TPSA) is 45.2 Å². The Morgan fingerprint density at radius 2 is 1.90 bits per heavy atom. The number of amides is 1. The summed E-state index contributed by atoms with van der Waals surface area (Å²) in [6, 6.07) is 6.84. The summed E-state index contributed by atoms with van der Waals surface area (Å²) in [7, 11) is 3.44. The van der Waals surface area contributed by atoms with Crippen molar-refractivity contribution in [3.8, 4) is 5.75 Å². The molecular formula is C21H33Cl2N3O3. The third-order valence-electron chi connectivity index (χ3n) is 6.29. The summed E-state index contributed by atoms with van der Waals surface area (Å²) in [6.45, 7) is 7.31. The van der Waals surface area contributed by atoms with E-state index in [-0.39, 0.29) is 30.9 Å². The van der Waals surface area contributed by atoms with Crippen LogP contribution >= 0.6 is 24.8 Å². The highest BCUT2D eigenvalue weighted by Gasteiger charge is 2.39. The van der Waals surface area contributed by atoms with Crippen LogP contribution in [0.25, 0.3) is 0 Å². The molecule has 0 N–H and O–H groups in total. The highest BCUT2D eigenvalue weighted by atomic mass is 35.5. The van der Waals surface area contributed by atoms with Gasteiger partial charge in [0, 0.05) is 52.2 Å². The van der Waals surface area contributed by atoms with Crippen molar-refractivity contribution in [3.63, 3.8) is 0 Å². The minimum absolute atomic E-state index is 0. The lowest BCUT2D eigenvalue weighted by Crippen LogP contribution is -2.43. The molecule has 0 radical (unpaired) electrons. The normalized spacial score (nSPS) is 23.9. The van der Waals surface area contributed by atoms with E-state index in [0.29, 0.717) is 12.0 Å². The Kier molecular flexibility index (Phi) is 9.04. The van der Waals surface area contributed by atoms with E-state index >= 15 is 0 Å². The third kappa shape index (κ3) is 5.36. The van der Waals surface area contributed by atoms with Crippen molar-refractivity contribution in [2.45, 2.75) is 31.2 Å². The van der Waals surface area contributed by atoms with Gasteiger partial charge in [-0.25, -0.2) is 4.79 Å². The van der Waals surface area contributed by atoms with E-state index in [4.69, 9.17) is 9.47 Å². The Bertz CT molecular complexity index is 683. The summed E-state index contributed by atoms with van der Waals surface area (Å²) in [5, 5.41) is 0. The molecule has 164 valence electrons. The average Bonchev–Trinajstić information content (AvgIpc) is 3.11. The van der Waals surface area contributed by atoms with Crippen molar-refractivity contribution in [1.29, 1.82) is 0 Å². The van der Waals surface area contributed by atoms with E-state index < -0.39 is 0 Å². The molecule has 29 heavy (non-hydrogen) atoms. The van der Waals surface area contributed by atoms with Crippen molar-refractivity contribution in [2.75, 3.05) is 60.0 Å². The van der Waals surface area contributed by atoms with Crippen LogP contribution in [0.15, 0.2) is 18.2 Å². The predicted molar refractivity (Wildman–Crippen MR) is 119 cm³/mol. The van der Waals surface area contributed by atoms with Crippen molar-refractivity contribution in [2.24, 2.45) is 0 Å². The van der Waals surface area contributed by atoms with Crippen LogP contribution < -0.4 is 4.74 Å². The van der Waals surface area contributed by atoms with Crippen LogP contribution in [-0.2, 0) is 11.2 Å². The number of benzene rings is 1. The lowest BCUT2D eigenvalue weighted by Gasteiger charge is -2.35. The van der Waals surface area contributed by atoms with Gasteiger partial charge in [-0.1, -0.05) is 12.1 Å². The molecule has 1 aromatic rings. The molecule has 0 bridgehead atoms. The second kappa shape index (κ2) is 10.8. The van der Waals surface area contributed by atoms with Gasteiger partial charge in [-0.2, -0.15) is 0 Å². The van der Waals surface area contributed by atoms with Crippen molar-refractivity contribution < 1.29 is 14.3 Å². The molecule has 1 aliphatic carbocycles. The summed E-state index contributed by atoms with van der Waals surface area (Å²) < 4.78 is 11.1. The van der Waals surface area contributed by atoms with Gasteiger partial charge in [-0.3, -0.25) is 9.80 Å². The smallest absolute Gasteiger partial charge is 0.410 e. The molecule has 8 heteroatoms. The number of carbonyl (C=O) groups excluding carboxylic acids is 1. The van der Waals surface area contributed by atoms with E-state index in [1.165, 1.54) is 29.0 Å². The van der Waals surface area contributed by atoms with Gasteiger partial charge in [0.2, 0.25) is 0 Å². The summed E-state index contributed by atoms with van der Waals surface area (Å²) >= 11 is 0.